The van der Waals surface area contributed by atoms with Gasteiger partial charge in [-0.05, 0) is 18.2 Å². The second-order valence-electron chi connectivity index (χ2n) is 2.07. The molecule has 0 aliphatic heterocycles. The summed E-state index contributed by atoms with van der Waals surface area (Å²) in [6.07, 6.45) is 5.11. The topological polar surface area (TPSA) is 26.0 Å². The Balaban J connectivity index is 2.65. The minimum absolute atomic E-state index is 0.698. The van der Waals surface area contributed by atoms with Gasteiger partial charge < -0.3 is 5.73 Å². The van der Waals surface area contributed by atoms with Crippen LogP contribution in [0.3, 0.4) is 0 Å². The second-order valence-corrected chi connectivity index (χ2v) is 3.11. The third kappa shape index (κ3) is 2.57. The van der Waals surface area contributed by atoms with Gasteiger partial charge in [0.25, 0.3) is 0 Å². The largest absolute Gasteiger partial charge is 0.399 e. The summed E-state index contributed by atoms with van der Waals surface area (Å²) < 4.78 is 0. The summed E-state index contributed by atoms with van der Waals surface area (Å²) >= 11 is 1.62. The molecule has 0 spiro atoms. The van der Waals surface area contributed by atoms with Gasteiger partial charge in [-0.3, -0.25) is 0 Å². The minimum atomic E-state index is 0.698. The molecule has 11 heavy (non-hydrogen) atoms. The van der Waals surface area contributed by atoms with Crippen LogP contribution in [0.4, 0.5) is 5.69 Å². The SMILES string of the molecule is C#CCSc1cccc(N)c1. The maximum atomic E-state index is 5.57. The van der Waals surface area contributed by atoms with Crippen LogP contribution < -0.4 is 5.73 Å². The molecule has 2 N–H and O–H groups in total. The van der Waals surface area contributed by atoms with Crippen LogP contribution >= 0.6 is 11.8 Å². The van der Waals surface area contributed by atoms with Crippen molar-refractivity contribution in [2.45, 2.75) is 4.90 Å². The number of hydrogen-bond acceptors (Lipinski definition) is 2. The third-order valence-corrected chi connectivity index (χ3v) is 2.08. The van der Waals surface area contributed by atoms with Crippen LogP contribution in [0.2, 0.25) is 0 Å². The first kappa shape index (κ1) is 8.03. The zero-order chi connectivity index (χ0) is 8.10. The number of nitrogen functional groups attached to an aromatic ring is 1. The van der Waals surface area contributed by atoms with E-state index in [2.05, 4.69) is 5.92 Å². The van der Waals surface area contributed by atoms with Gasteiger partial charge in [0.1, 0.15) is 0 Å². The molecule has 1 aromatic carbocycles. The van der Waals surface area contributed by atoms with Gasteiger partial charge in [0, 0.05) is 10.6 Å². The molecular formula is C9H9NS. The van der Waals surface area contributed by atoms with E-state index in [4.69, 9.17) is 12.2 Å². The van der Waals surface area contributed by atoms with Crippen molar-refractivity contribution in [2.75, 3.05) is 11.5 Å². The summed E-state index contributed by atoms with van der Waals surface area (Å²) in [7, 11) is 0. The van der Waals surface area contributed by atoms with E-state index in [0.717, 1.165) is 10.6 Å². The molecule has 0 radical (unpaired) electrons. The number of hydrogen-bond donors (Lipinski definition) is 1. The van der Waals surface area contributed by atoms with Crippen LogP contribution in [0.5, 0.6) is 0 Å². The molecule has 0 bridgehead atoms. The predicted octanol–water partition coefficient (Wildman–Crippen LogP) is 1.99. The quantitative estimate of drug-likeness (QED) is 0.410. The Morgan fingerprint density at radius 2 is 2.36 bits per heavy atom. The van der Waals surface area contributed by atoms with E-state index < -0.39 is 0 Å². The Labute approximate surface area is 71.0 Å². The molecule has 0 saturated carbocycles. The summed E-state index contributed by atoms with van der Waals surface area (Å²) in [4.78, 5) is 1.13. The molecule has 2 heteroatoms. The van der Waals surface area contributed by atoms with Crippen LogP contribution in [-0.2, 0) is 0 Å². The van der Waals surface area contributed by atoms with E-state index >= 15 is 0 Å². The van der Waals surface area contributed by atoms with Crippen molar-refractivity contribution in [1.29, 1.82) is 0 Å². The molecular weight excluding hydrogens is 154 g/mol. The molecule has 0 aromatic heterocycles. The zero-order valence-electron chi connectivity index (χ0n) is 6.08. The Kier molecular flexibility index (Phi) is 2.88. The highest BCUT2D eigenvalue weighted by Gasteiger charge is 1.90. The van der Waals surface area contributed by atoms with Crippen molar-refractivity contribution < 1.29 is 0 Å². The van der Waals surface area contributed by atoms with Gasteiger partial charge in [0.15, 0.2) is 0 Å². The number of anilines is 1. The summed E-state index contributed by atoms with van der Waals surface area (Å²) in [5.41, 5.74) is 6.35. The molecule has 1 aromatic rings. The van der Waals surface area contributed by atoms with Gasteiger partial charge in [-0.15, -0.1) is 18.2 Å². The fourth-order valence-corrected chi connectivity index (χ4v) is 1.37. The van der Waals surface area contributed by atoms with Gasteiger partial charge in [-0.2, -0.15) is 0 Å². The number of thioether (sulfide) groups is 1. The Morgan fingerprint density at radius 3 is 3.00 bits per heavy atom. The van der Waals surface area contributed by atoms with E-state index in [1.807, 2.05) is 24.3 Å². The number of terminal acetylenes is 1. The smallest absolute Gasteiger partial charge is 0.0592 e. The molecule has 0 heterocycles. The first-order chi connectivity index (χ1) is 5.33. The van der Waals surface area contributed by atoms with E-state index in [9.17, 15) is 0 Å². The van der Waals surface area contributed by atoms with Gasteiger partial charge in [-0.1, -0.05) is 12.0 Å². The van der Waals surface area contributed by atoms with E-state index in [0.29, 0.717) is 5.75 Å². The van der Waals surface area contributed by atoms with Crippen LogP contribution in [-0.4, -0.2) is 5.75 Å². The van der Waals surface area contributed by atoms with Crippen molar-refractivity contribution >= 4 is 17.4 Å². The summed E-state index contributed by atoms with van der Waals surface area (Å²) in [5, 5.41) is 0. The van der Waals surface area contributed by atoms with Crippen LogP contribution in [0.1, 0.15) is 0 Å². The van der Waals surface area contributed by atoms with Crippen molar-refractivity contribution in [3.63, 3.8) is 0 Å². The standard InChI is InChI=1S/C9H9NS/c1-2-6-11-9-5-3-4-8(10)7-9/h1,3-5,7H,6,10H2. The van der Waals surface area contributed by atoms with Crippen molar-refractivity contribution in [3.05, 3.63) is 24.3 Å². The first-order valence-electron chi connectivity index (χ1n) is 3.25. The van der Waals surface area contributed by atoms with E-state index in [-0.39, 0.29) is 0 Å². The van der Waals surface area contributed by atoms with Crippen molar-refractivity contribution in [3.8, 4) is 12.3 Å². The van der Waals surface area contributed by atoms with Crippen LogP contribution in [0, 0.1) is 12.3 Å². The third-order valence-electron chi connectivity index (χ3n) is 1.18. The van der Waals surface area contributed by atoms with Crippen LogP contribution in [0.25, 0.3) is 0 Å². The molecule has 0 amide bonds. The van der Waals surface area contributed by atoms with Crippen molar-refractivity contribution in [2.24, 2.45) is 0 Å². The Bertz CT molecular complexity index is 275. The molecule has 0 unspecified atom stereocenters. The van der Waals surface area contributed by atoms with Gasteiger partial charge in [-0.25, -0.2) is 0 Å². The number of nitrogens with two attached hydrogens (primary N) is 1. The number of benzene rings is 1. The summed E-state index contributed by atoms with van der Waals surface area (Å²) in [6.45, 7) is 0. The molecule has 0 fully saturated rings. The minimum Gasteiger partial charge on any atom is -0.399 e. The van der Waals surface area contributed by atoms with Gasteiger partial charge in [0.2, 0.25) is 0 Å². The van der Waals surface area contributed by atoms with Gasteiger partial charge in [0.05, 0.1) is 5.75 Å². The van der Waals surface area contributed by atoms with Gasteiger partial charge >= 0.3 is 0 Å². The monoisotopic (exact) mass is 163 g/mol. The molecule has 1 nitrogen and oxygen atoms in total. The average molecular weight is 163 g/mol. The maximum Gasteiger partial charge on any atom is 0.0592 e. The zero-order valence-corrected chi connectivity index (χ0v) is 6.90. The highest BCUT2D eigenvalue weighted by molar-refractivity contribution is 7.99. The van der Waals surface area contributed by atoms with E-state index in [1.165, 1.54) is 0 Å². The molecule has 1 rings (SSSR count). The lowest BCUT2D eigenvalue weighted by Crippen LogP contribution is -1.83. The second kappa shape index (κ2) is 3.95. The predicted molar refractivity (Wildman–Crippen MR) is 50.4 cm³/mol. The summed E-state index contributed by atoms with van der Waals surface area (Å²) in [6, 6.07) is 7.70. The molecule has 0 aliphatic rings. The lowest BCUT2D eigenvalue weighted by atomic mass is 10.3. The average Bonchev–Trinajstić information content (AvgIpc) is 2.01. The number of rotatable bonds is 2. The molecule has 0 saturated heterocycles. The lowest BCUT2D eigenvalue weighted by molar-refractivity contribution is 1.46. The normalized spacial score (nSPS) is 9.00. The fraction of sp³-hybridized carbons (Fsp3) is 0.111. The Hall–Kier alpha value is -1.07. The Morgan fingerprint density at radius 1 is 1.55 bits per heavy atom. The van der Waals surface area contributed by atoms with E-state index in [1.54, 1.807) is 11.8 Å². The highest BCUT2D eigenvalue weighted by atomic mass is 32.2. The van der Waals surface area contributed by atoms with Crippen LogP contribution in [0.15, 0.2) is 29.2 Å². The first-order valence-corrected chi connectivity index (χ1v) is 4.23. The maximum absolute atomic E-state index is 5.57. The fourth-order valence-electron chi connectivity index (χ4n) is 0.729. The lowest BCUT2D eigenvalue weighted by Gasteiger charge is -1.97. The molecule has 0 atom stereocenters. The summed E-state index contributed by atoms with van der Waals surface area (Å²) in [5.74, 6) is 3.26. The molecule has 56 valence electrons. The van der Waals surface area contributed by atoms with Crippen molar-refractivity contribution in [1.82, 2.24) is 0 Å². The molecule has 0 aliphatic carbocycles. The highest BCUT2D eigenvalue weighted by Crippen LogP contribution is 2.18.